The van der Waals surface area contributed by atoms with Crippen LogP contribution in [0.1, 0.15) is 25.7 Å². The maximum Gasteiger partial charge on any atom is 0.318 e. The second-order valence-corrected chi connectivity index (χ2v) is 4.59. The van der Waals surface area contributed by atoms with Gasteiger partial charge in [-0.15, -0.1) is 6.58 Å². The van der Waals surface area contributed by atoms with Gasteiger partial charge in [-0.1, -0.05) is 6.08 Å². The van der Waals surface area contributed by atoms with E-state index in [1.165, 1.54) is 4.90 Å². The minimum atomic E-state index is -0.910. The van der Waals surface area contributed by atoms with Crippen molar-refractivity contribution < 1.29 is 19.8 Å². The molecule has 3 N–H and O–H groups in total. The van der Waals surface area contributed by atoms with Crippen LogP contribution >= 0.6 is 0 Å². The van der Waals surface area contributed by atoms with Crippen LogP contribution in [0.15, 0.2) is 12.7 Å². The molecule has 1 saturated carbocycles. The molecule has 0 radical (unpaired) electrons. The lowest BCUT2D eigenvalue weighted by Gasteiger charge is -2.42. The van der Waals surface area contributed by atoms with Gasteiger partial charge in [-0.3, -0.25) is 4.79 Å². The van der Waals surface area contributed by atoms with Gasteiger partial charge in [0.15, 0.2) is 0 Å². The number of hydrogen-bond donors (Lipinski definition) is 3. The third-order valence-electron chi connectivity index (χ3n) is 3.18. The number of urea groups is 1. The van der Waals surface area contributed by atoms with E-state index in [2.05, 4.69) is 11.9 Å². The van der Waals surface area contributed by atoms with Gasteiger partial charge in [0.2, 0.25) is 0 Å². The zero-order chi connectivity index (χ0) is 13.6. The Labute approximate surface area is 106 Å². The fourth-order valence-corrected chi connectivity index (χ4v) is 2.10. The second kappa shape index (κ2) is 6.39. The highest BCUT2D eigenvalue weighted by Crippen LogP contribution is 2.35. The van der Waals surface area contributed by atoms with Crippen molar-refractivity contribution in [1.29, 1.82) is 0 Å². The fraction of sp³-hybridized carbons (Fsp3) is 0.667. The molecule has 0 aromatic heterocycles. The standard InChI is InChI=1S/C12H20N2O4/c1-2-6-14(7-8-15)11(18)13-12(4-3-5-12)9-10(16)17/h2,15H,1,3-9H2,(H,13,18)(H,16,17). The largest absolute Gasteiger partial charge is 0.481 e. The molecule has 0 heterocycles. The highest BCUT2D eigenvalue weighted by Gasteiger charge is 2.41. The summed E-state index contributed by atoms with van der Waals surface area (Å²) in [6, 6.07) is -0.343. The number of nitrogens with one attached hydrogen (secondary N) is 1. The van der Waals surface area contributed by atoms with E-state index in [0.717, 1.165) is 6.42 Å². The Morgan fingerprint density at radius 2 is 2.11 bits per heavy atom. The summed E-state index contributed by atoms with van der Waals surface area (Å²) in [5.74, 6) is -0.910. The number of aliphatic hydroxyl groups is 1. The molecule has 1 fully saturated rings. The molecule has 1 aliphatic rings. The number of hydrogen-bond acceptors (Lipinski definition) is 3. The van der Waals surface area contributed by atoms with Crippen LogP contribution in [0.2, 0.25) is 0 Å². The van der Waals surface area contributed by atoms with Gasteiger partial charge in [0.25, 0.3) is 0 Å². The van der Waals surface area contributed by atoms with Crippen LogP contribution in [0.3, 0.4) is 0 Å². The van der Waals surface area contributed by atoms with E-state index in [0.29, 0.717) is 19.4 Å². The number of carboxylic acid groups (broad SMARTS) is 1. The summed E-state index contributed by atoms with van der Waals surface area (Å²) in [5, 5.41) is 20.5. The zero-order valence-corrected chi connectivity index (χ0v) is 10.4. The first-order valence-electron chi connectivity index (χ1n) is 6.03. The van der Waals surface area contributed by atoms with Crippen LogP contribution in [0, 0.1) is 0 Å². The number of amides is 2. The molecule has 0 saturated heterocycles. The Kier molecular flexibility index (Phi) is 5.15. The Hall–Kier alpha value is -1.56. The monoisotopic (exact) mass is 256 g/mol. The topological polar surface area (TPSA) is 89.9 Å². The molecule has 0 spiro atoms. The molecule has 2 amide bonds. The molecule has 1 aliphatic carbocycles. The first-order chi connectivity index (χ1) is 8.53. The second-order valence-electron chi connectivity index (χ2n) is 4.59. The zero-order valence-electron chi connectivity index (χ0n) is 10.4. The molecule has 6 nitrogen and oxygen atoms in total. The normalized spacial score (nSPS) is 16.5. The predicted molar refractivity (Wildman–Crippen MR) is 66.2 cm³/mol. The van der Waals surface area contributed by atoms with Crippen molar-refractivity contribution in [3.63, 3.8) is 0 Å². The number of carbonyl (C=O) groups excluding carboxylic acids is 1. The van der Waals surface area contributed by atoms with Gasteiger partial charge in [0.1, 0.15) is 0 Å². The smallest absolute Gasteiger partial charge is 0.318 e. The molecule has 0 aliphatic heterocycles. The summed E-state index contributed by atoms with van der Waals surface area (Å²) in [5.41, 5.74) is -0.613. The molecule has 18 heavy (non-hydrogen) atoms. The average Bonchev–Trinajstić information content (AvgIpc) is 2.25. The van der Waals surface area contributed by atoms with E-state index in [9.17, 15) is 9.59 Å². The number of aliphatic carboxylic acids is 1. The maximum atomic E-state index is 12.0. The minimum Gasteiger partial charge on any atom is -0.481 e. The molecule has 0 aromatic rings. The molecule has 1 rings (SSSR count). The van der Waals surface area contributed by atoms with E-state index in [1.807, 2.05) is 0 Å². The van der Waals surface area contributed by atoms with Gasteiger partial charge in [-0.2, -0.15) is 0 Å². The van der Waals surface area contributed by atoms with Gasteiger partial charge < -0.3 is 20.4 Å². The fourth-order valence-electron chi connectivity index (χ4n) is 2.10. The van der Waals surface area contributed by atoms with Crippen molar-refractivity contribution >= 4 is 12.0 Å². The molecule has 0 atom stereocenters. The minimum absolute atomic E-state index is 0.0558. The van der Waals surface area contributed by atoms with E-state index in [4.69, 9.17) is 10.2 Å². The highest BCUT2D eigenvalue weighted by molar-refractivity contribution is 5.77. The summed E-state index contributed by atoms with van der Waals surface area (Å²) in [4.78, 5) is 24.2. The van der Waals surface area contributed by atoms with Crippen molar-refractivity contribution in [2.45, 2.75) is 31.2 Å². The van der Waals surface area contributed by atoms with E-state index in [-0.39, 0.29) is 25.6 Å². The summed E-state index contributed by atoms with van der Waals surface area (Å²) in [6.45, 7) is 3.95. The molecule has 6 heteroatoms. The Morgan fingerprint density at radius 3 is 2.50 bits per heavy atom. The third kappa shape index (κ3) is 3.73. The molecular weight excluding hydrogens is 236 g/mol. The van der Waals surface area contributed by atoms with Crippen molar-refractivity contribution in [1.82, 2.24) is 10.2 Å². The van der Waals surface area contributed by atoms with Gasteiger partial charge in [0.05, 0.1) is 18.6 Å². The van der Waals surface area contributed by atoms with Crippen molar-refractivity contribution in [3.05, 3.63) is 12.7 Å². The Bertz CT molecular complexity index is 326. The van der Waals surface area contributed by atoms with Crippen LogP contribution in [-0.4, -0.2) is 52.3 Å². The van der Waals surface area contributed by atoms with Crippen LogP contribution in [0.5, 0.6) is 0 Å². The van der Waals surface area contributed by atoms with Crippen LogP contribution < -0.4 is 5.32 Å². The molecule has 0 aromatic carbocycles. The number of rotatable bonds is 7. The molecule has 0 unspecified atom stereocenters. The molecular formula is C12H20N2O4. The summed E-state index contributed by atoms with van der Waals surface area (Å²) < 4.78 is 0. The molecule has 0 bridgehead atoms. The van der Waals surface area contributed by atoms with Gasteiger partial charge in [0, 0.05) is 13.1 Å². The quantitative estimate of drug-likeness (QED) is 0.581. The lowest BCUT2D eigenvalue weighted by Crippen LogP contribution is -2.58. The number of nitrogens with zero attached hydrogens (tertiary/aromatic N) is 1. The van der Waals surface area contributed by atoms with Crippen molar-refractivity contribution in [2.24, 2.45) is 0 Å². The summed E-state index contributed by atoms with van der Waals surface area (Å²) in [6.07, 6.45) is 3.81. The van der Waals surface area contributed by atoms with Crippen molar-refractivity contribution in [2.75, 3.05) is 19.7 Å². The van der Waals surface area contributed by atoms with Gasteiger partial charge >= 0.3 is 12.0 Å². The highest BCUT2D eigenvalue weighted by atomic mass is 16.4. The van der Waals surface area contributed by atoms with Crippen LogP contribution in [-0.2, 0) is 4.79 Å². The third-order valence-corrected chi connectivity index (χ3v) is 3.18. The number of carbonyl (C=O) groups is 2. The lowest BCUT2D eigenvalue weighted by molar-refractivity contribution is -0.139. The predicted octanol–water partition coefficient (Wildman–Crippen LogP) is 0.574. The lowest BCUT2D eigenvalue weighted by atomic mass is 9.74. The van der Waals surface area contributed by atoms with Gasteiger partial charge in [-0.05, 0) is 19.3 Å². The van der Waals surface area contributed by atoms with E-state index < -0.39 is 11.5 Å². The summed E-state index contributed by atoms with van der Waals surface area (Å²) >= 11 is 0. The van der Waals surface area contributed by atoms with Crippen LogP contribution in [0.4, 0.5) is 4.79 Å². The van der Waals surface area contributed by atoms with E-state index >= 15 is 0 Å². The Morgan fingerprint density at radius 1 is 1.44 bits per heavy atom. The number of carboxylic acids is 1. The first kappa shape index (κ1) is 14.5. The van der Waals surface area contributed by atoms with E-state index in [1.54, 1.807) is 6.08 Å². The van der Waals surface area contributed by atoms with Crippen molar-refractivity contribution in [3.8, 4) is 0 Å². The Balaban J connectivity index is 2.59. The number of aliphatic hydroxyl groups excluding tert-OH is 1. The maximum absolute atomic E-state index is 12.0. The average molecular weight is 256 g/mol. The van der Waals surface area contributed by atoms with Gasteiger partial charge in [-0.25, -0.2) is 4.79 Å². The SMILES string of the molecule is C=CCN(CCO)C(=O)NC1(CC(=O)O)CCC1. The molecule has 102 valence electrons. The first-order valence-corrected chi connectivity index (χ1v) is 6.03. The summed E-state index contributed by atoms with van der Waals surface area (Å²) in [7, 11) is 0. The van der Waals surface area contributed by atoms with Crippen LogP contribution in [0.25, 0.3) is 0 Å².